The van der Waals surface area contributed by atoms with Gasteiger partial charge in [-0.25, -0.2) is 0 Å². The number of methoxy groups -OCH3 is 1. The zero-order valence-electron chi connectivity index (χ0n) is 10.4. The largest absolute Gasteiger partial charge is 0.359 e. The summed E-state index contributed by atoms with van der Waals surface area (Å²) in [4.78, 5) is 0. The molecule has 1 rings (SSSR count). The molecule has 0 amide bonds. The quantitative estimate of drug-likeness (QED) is 0.677. The van der Waals surface area contributed by atoms with E-state index in [2.05, 4.69) is 0 Å². The summed E-state index contributed by atoms with van der Waals surface area (Å²) < 4.78 is 10.5. The summed E-state index contributed by atoms with van der Waals surface area (Å²) in [6.45, 7) is 8.15. The molecule has 0 aromatic heterocycles. The first-order chi connectivity index (χ1) is 6.79. The van der Waals surface area contributed by atoms with E-state index >= 15 is 0 Å². The van der Waals surface area contributed by atoms with Gasteiger partial charge in [-0.15, -0.1) is 10.3 Å². The van der Waals surface area contributed by atoms with Crippen LogP contribution in [0, 0.1) is 0 Å². The van der Waals surface area contributed by atoms with Crippen LogP contribution < -0.4 is 0 Å². The molecule has 0 atom stereocenters. The van der Waals surface area contributed by atoms with Crippen LogP contribution in [-0.4, -0.2) is 36.1 Å². The van der Waals surface area contributed by atoms with Crippen molar-refractivity contribution in [1.29, 1.82) is 0 Å². The molecule has 1 fully saturated rings. The Bertz CT molecular complexity index is 198. The van der Waals surface area contributed by atoms with Crippen molar-refractivity contribution in [2.45, 2.75) is 57.7 Å². The van der Waals surface area contributed by atoms with Gasteiger partial charge in [0.05, 0.1) is 6.10 Å². The van der Waals surface area contributed by atoms with E-state index in [9.17, 15) is 5.21 Å². The molecule has 89 valence electrons. The molecule has 0 aromatic carbocycles. The lowest BCUT2D eigenvalue weighted by Crippen LogP contribution is -2.59. The Morgan fingerprint density at radius 2 is 1.67 bits per heavy atom. The predicted molar refractivity (Wildman–Crippen MR) is 56.7 cm³/mol. The summed E-state index contributed by atoms with van der Waals surface area (Å²) in [5.41, 5.74) is -0.722. The Kier molecular flexibility index (Phi) is 3.76. The molecule has 4 nitrogen and oxygen atoms in total. The Morgan fingerprint density at radius 1 is 1.20 bits per heavy atom. The Morgan fingerprint density at radius 3 is 2.07 bits per heavy atom. The van der Waals surface area contributed by atoms with E-state index in [4.69, 9.17) is 9.47 Å². The van der Waals surface area contributed by atoms with Crippen LogP contribution in [0.25, 0.3) is 0 Å². The first-order valence-corrected chi connectivity index (χ1v) is 5.37. The van der Waals surface area contributed by atoms with Crippen LogP contribution in [0.5, 0.6) is 0 Å². The van der Waals surface area contributed by atoms with Gasteiger partial charge in [-0.1, -0.05) is 0 Å². The van der Waals surface area contributed by atoms with Crippen LogP contribution in [-0.2, 0) is 14.7 Å². The molecule has 1 heterocycles. The van der Waals surface area contributed by atoms with E-state index in [0.717, 1.165) is 12.8 Å². The van der Waals surface area contributed by atoms with Crippen molar-refractivity contribution in [2.75, 3.05) is 13.9 Å². The predicted octanol–water partition coefficient (Wildman–Crippen LogP) is 1.97. The molecule has 0 unspecified atom stereocenters. The molecule has 0 spiro atoms. The highest BCUT2D eigenvalue weighted by Crippen LogP contribution is 2.38. The maximum absolute atomic E-state index is 12.0. The summed E-state index contributed by atoms with van der Waals surface area (Å²) in [5, 5.41) is 13.2. The fourth-order valence-electron chi connectivity index (χ4n) is 2.45. The van der Waals surface area contributed by atoms with Gasteiger partial charge in [-0.05, 0) is 40.5 Å². The van der Waals surface area contributed by atoms with Crippen molar-refractivity contribution in [1.82, 2.24) is 5.06 Å². The van der Waals surface area contributed by atoms with Gasteiger partial charge < -0.3 is 9.47 Å². The summed E-state index contributed by atoms with van der Waals surface area (Å²) in [7, 11) is 1.61. The average molecular weight is 216 g/mol. The fourth-order valence-corrected chi connectivity index (χ4v) is 2.45. The highest BCUT2D eigenvalue weighted by molar-refractivity contribution is 4.96. The number of nitrogens with zero attached hydrogens (tertiary/aromatic N) is 1. The topological polar surface area (TPSA) is 41.6 Å². The monoisotopic (exact) mass is 216 g/mol. The van der Waals surface area contributed by atoms with E-state index in [1.54, 1.807) is 7.11 Å². The van der Waals surface area contributed by atoms with Crippen molar-refractivity contribution >= 4 is 0 Å². The number of hydrogen-bond acceptors (Lipinski definition) is 3. The van der Waals surface area contributed by atoms with Gasteiger partial charge in [0.15, 0.2) is 0 Å². The molecule has 4 heteroatoms. The number of ether oxygens (including phenoxy) is 2. The normalized spacial score (nSPS) is 26.8. The molecule has 0 aromatic rings. The number of hydroxylamine groups is 2. The minimum Gasteiger partial charge on any atom is -0.359 e. The third-order valence-corrected chi connectivity index (χ3v) is 2.98. The van der Waals surface area contributed by atoms with Crippen LogP contribution in [0.3, 0.4) is 0 Å². The summed E-state index contributed by atoms with van der Waals surface area (Å²) in [6.07, 6.45) is 1.62. The standard InChI is InChI=1S/C11H22NO3/c1-10(2)6-9(15-8-14-5)7-11(3,4)12(10)13/h9H,6-8H2,1-5H3. The van der Waals surface area contributed by atoms with Crippen LogP contribution in [0.15, 0.2) is 0 Å². The van der Waals surface area contributed by atoms with Crippen molar-refractivity contribution < 1.29 is 14.7 Å². The lowest BCUT2D eigenvalue weighted by molar-refractivity contribution is -0.304. The third-order valence-electron chi connectivity index (χ3n) is 2.98. The highest BCUT2D eigenvalue weighted by Gasteiger charge is 2.46. The second-order valence-electron chi connectivity index (χ2n) is 5.52. The van der Waals surface area contributed by atoms with Gasteiger partial charge in [0.2, 0.25) is 0 Å². The second-order valence-corrected chi connectivity index (χ2v) is 5.52. The molecular formula is C11H22NO3. The van der Waals surface area contributed by atoms with Gasteiger partial charge in [0.1, 0.15) is 6.79 Å². The third kappa shape index (κ3) is 2.91. The Hall–Kier alpha value is -0.160. The lowest BCUT2D eigenvalue weighted by Gasteiger charge is -2.49. The molecule has 0 aliphatic carbocycles. The zero-order valence-corrected chi connectivity index (χ0v) is 10.4. The average Bonchev–Trinajstić information content (AvgIpc) is 2.10. The molecule has 1 aliphatic rings. The molecule has 15 heavy (non-hydrogen) atoms. The molecule has 0 N–H and O–H groups in total. The fraction of sp³-hybridized carbons (Fsp3) is 1.00. The SMILES string of the molecule is COCOC1CC(C)(C)N([O])C(C)(C)C1. The van der Waals surface area contributed by atoms with E-state index < -0.39 is 0 Å². The van der Waals surface area contributed by atoms with E-state index in [0.29, 0.717) is 6.79 Å². The van der Waals surface area contributed by atoms with Crippen LogP contribution >= 0.6 is 0 Å². The Labute approximate surface area is 92.1 Å². The minimum absolute atomic E-state index is 0.111. The number of hydrogen-bond donors (Lipinski definition) is 0. The number of piperidine rings is 1. The lowest BCUT2D eigenvalue weighted by atomic mass is 9.80. The molecular weight excluding hydrogens is 194 g/mol. The summed E-state index contributed by atoms with van der Waals surface area (Å²) >= 11 is 0. The first kappa shape index (κ1) is 12.9. The Balaban J connectivity index is 2.66. The van der Waals surface area contributed by atoms with Gasteiger partial charge in [-0.3, -0.25) is 0 Å². The zero-order chi connectivity index (χ0) is 11.7. The van der Waals surface area contributed by atoms with Gasteiger partial charge in [0.25, 0.3) is 0 Å². The van der Waals surface area contributed by atoms with Crippen LogP contribution in [0.1, 0.15) is 40.5 Å². The number of rotatable bonds is 3. The summed E-state index contributed by atoms with van der Waals surface area (Å²) in [5.74, 6) is 0. The second kappa shape index (κ2) is 4.37. The molecule has 1 radical (unpaired) electrons. The van der Waals surface area contributed by atoms with Crippen molar-refractivity contribution in [3.05, 3.63) is 0 Å². The van der Waals surface area contributed by atoms with E-state index in [1.165, 1.54) is 5.06 Å². The highest BCUT2D eigenvalue weighted by atomic mass is 16.7. The molecule has 0 bridgehead atoms. The van der Waals surface area contributed by atoms with Crippen LogP contribution in [0.4, 0.5) is 0 Å². The first-order valence-electron chi connectivity index (χ1n) is 5.37. The maximum atomic E-state index is 12.0. The van der Waals surface area contributed by atoms with Crippen molar-refractivity contribution in [2.24, 2.45) is 0 Å². The maximum Gasteiger partial charge on any atom is 0.146 e. The summed E-state index contributed by atoms with van der Waals surface area (Å²) in [6, 6.07) is 0. The van der Waals surface area contributed by atoms with Crippen molar-refractivity contribution in [3.63, 3.8) is 0 Å². The molecule has 1 saturated heterocycles. The van der Waals surface area contributed by atoms with Gasteiger partial charge >= 0.3 is 0 Å². The minimum atomic E-state index is -0.361. The molecule has 1 aliphatic heterocycles. The van der Waals surface area contributed by atoms with Crippen LogP contribution in [0.2, 0.25) is 0 Å². The smallest absolute Gasteiger partial charge is 0.146 e. The van der Waals surface area contributed by atoms with Crippen molar-refractivity contribution in [3.8, 4) is 0 Å². The molecule has 0 saturated carbocycles. The van der Waals surface area contributed by atoms with E-state index in [1.807, 2.05) is 27.7 Å². The van der Waals surface area contributed by atoms with Gasteiger partial charge in [-0.2, -0.15) is 0 Å². The van der Waals surface area contributed by atoms with E-state index in [-0.39, 0.29) is 17.2 Å². The van der Waals surface area contributed by atoms with Gasteiger partial charge in [0, 0.05) is 18.2 Å².